The van der Waals surface area contributed by atoms with E-state index < -0.39 is 28.6 Å². The summed E-state index contributed by atoms with van der Waals surface area (Å²) in [5.74, 6) is -3.15. The van der Waals surface area contributed by atoms with Gasteiger partial charge in [0.25, 0.3) is 0 Å². The lowest BCUT2D eigenvalue weighted by Gasteiger charge is -2.09. The molecule has 0 spiro atoms. The Morgan fingerprint density at radius 1 is 1.29 bits per heavy atom. The first-order valence-corrected chi connectivity index (χ1v) is 4.50. The lowest BCUT2D eigenvalue weighted by molar-refractivity contribution is -0.147. The third-order valence-corrected chi connectivity index (χ3v) is 2.05. The highest BCUT2D eigenvalue weighted by Gasteiger charge is 2.31. The quantitative estimate of drug-likeness (QED) is 0.768. The molecule has 2 N–H and O–H groups in total. The fourth-order valence-corrected chi connectivity index (χ4v) is 1.20. The summed E-state index contributed by atoms with van der Waals surface area (Å²) < 4.78 is 36.8. The minimum atomic E-state index is -4.56. The smallest absolute Gasteiger partial charge is 0.416 e. The molecule has 8 heteroatoms. The van der Waals surface area contributed by atoms with Crippen LogP contribution in [0.2, 0.25) is 5.02 Å². The summed E-state index contributed by atoms with van der Waals surface area (Å²) in [5.41, 5.74) is -1.19. The lowest BCUT2D eigenvalue weighted by Crippen LogP contribution is -2.22. The van der Waals surface area contributed by atoms with Crippen LogP contribution in [0.3, 0.4) is 0 Å². The van der Waals surface area contributed by atoms with Crippen LogP contribution >= 0.6 is 11.6 Å². The van der Waals surface area contributed by atoms with Crippen molar-refractivity contribution in [2.75, 3.05) is 5.32 Å². The Hall–Kier alpha value is -1.76. The van der Waals surface area contributed by atoms with Gasteiger partial charge in [0.15, 0.2) is 0 Å². The molecule has 0 atom stereocenters. The summed E-state index contributed by atoms with van der Waals surface area (Å²) in [6.07, 6.45) is -4.56. The zero-order valence-corrected chi connectivity index (χ0v) is 8.76. The van der Waals surface area contributed by atoms with Crippen LogP contribution in [-0.2, 0) is 15.8 Å². The molecule has 17 heavy (non-hydrogen) atoms. The minimum absolute atomic E-state index is 0.202. The number of carbonyl (C=O) groups excluding carboxylic acids is 1. The zero-order chi connectivity index (χ0) is 13.2. The first-order valence-electron chi connectivity index (χ1n) is 4.13. The summed E-state index contributed by atoms with van der Waals surface area (Å²) in [5, 5.41) is 9.74. The Morgan fingerprint density at radius 3 is 2.29 bits per heavy atom. The number of aliphatic carboxylic acids is 1. The SMILES string of the molecule is O=C(O)C(=O)Nc1ccc(C(F)(F)F)cc1Cl. The highest BCUT2D eigenvalue weighted by Crippen LogP contribution is 2.33. The molecule has 1 amide bonds. The van der Waals surface area contributed by atoms with Crippen molar-refractivity contribution in [2.24, 2.45) is 0 Å². The predicted molar refractivity (Wildman–Crippen MR) is 52.7 cm³/mol. The van der Waals surface area contributed by atoms with E-state index in [9.17, 15) is 22.8 Å². The average Bonchev–Trinajstić information content (AvgIpc) is 2.19. The van der Waals surface area contributed by atoms with Gasteiger partial charge in [-0.15, -0.1) is 0 Å². The molecule has 0 aliphatic rings. The molecule has 0 aliphatic heterocycles. The van der Waals surface area contributed by atoms with Gasteiger partial charge in [-0.1, -0.05) is 11.6 Å². The van der Waals surface area contributed by atoms with Crippen molar-refractivity contribution in [3.05, 3.63) is 28.8 Å². The van der Waals surface area contributed by atoms with E-state index in [2.05, 4.69) is 0 Å². The summed E-state index contributed by atoms with van der Waals surface area (Å²) in [4.78, 5) is 21.0. The molecule has 0 radical (unpaired) electrons. The number of alkyl halides is 3. The Balaban J connectivity index is 2.99. The number of hydrogen-bond acceptors (Lipinski definition) is 2. The molecule has 0 heterocycles. The van der Waals surface area contributed by atoms with Crippen molar-refractivity contribution >= 4 is 29.2 Å². The van der Waals surface area contributed by atoms with Crippen LogP contribution in [0, 0.1) is 0 Å². The van der Waals surface area contributed by atoms with Crippen molar-refractivity contribution < 1.29 is 27.9 Å². The van der Waals surface area contributed by atoms with E-state index in [1.807, 2.05) is 5.32 Å². The molecule has 92 valence electrons. The second kappa shape index (κ2) is 4.62. The van der Waals surface area contributed by atoms with Crippen LogP contribution in [0.25, 0.3) is 0 Å². The van der Waals surface area contributed by atoms with Crippen LogP contribution in [0.5, 0.6) is 0 Å². The Morgan fingerprint density at radius 2 is 1.88 bits per heavy atom. The maximum atomic E-state index is 12.3. The van der Waals surface area contributed by atoms with Gasteiger partial charge >= 0.3 is 18.1 Å². The van der Waals surface area contributed by atoms with Crippen LogP contribution < -0.4 is 5.32 Å². The molecular weight excluding hydrogens is 263 g/mol. The summed E-state index contributed by atoms with van der Waals surface area (Å²) in [7, 11) is 0. The Labute approximate surface area is 98.0 Å². The van der Waals surface area contributed by atoms with Crippen LogP contribution in [0.1, 0.15) is 5.56 Å². The molecular formula is C9H5ClF3NO3. The van der Waals surface area contributed by atoms with Crippen LogP contribution in [0.15, 0.2) is 18.2 Å². The maximum absolute atomic E-state index is 12.3. The third-order valence-electron chi connectivity index (χ3n) is 1.74. The van der Waals surface area contributed by atoms with E-state index in [-0.39, 0.29) is 5.69 Å². The van der Waals surface area contributed by atoms with Gasteiger partial charge < -0.3 is 10.4 Å². The molecule has 0 saturated heterocycles. The molecule has 0 bridgehead atoms. The highest BCUT2D eigenvalue weighted by molar-refractivity contribution is 6.39. The first kappa shape index (κ1) is 13.3. The van der Waals surface area contributed by atoms with E-state index in [1.165, 1.54) is 0 Å². The number of carboxylic acid groups (broad SMARTS) is 1. The lowest BCUT2D eigenvalue weighted by atomic mass is 10.2. The molecule has 1 aromatic carbocycles. The predicted octanol–water partition coefficient (Wildman–Crippen LogP) is 2.38. The number of benzene rings is 1. The Bertz CT molecular complexity index is 473. The van der Waals surface area contributed by atoms with Crippen LogP contribution in [-0.4, -0.2) is 17.0 Å². The number of rotatable bonds is 1. The fourth-order valence-electron chi connectivity index (χ4n) is 0.969. The number of anilines is 1. The van der Waals surface area contributed by atoms with E-state index in [4.69, 9.17) is 16.7 Å². The monoisotopic (exact) mass is 267 g/mol. The standard InChI is InChI=1S/C9H5ClF3NO3/c10-5-3-4(9(11,12)13)1-2-6(5)14-7(15)8(16)17/h1-3H,(H,14,15)(H,16,17). The summed E-state index contributed by atoms with van der Waals surface area (Å²) in [6.45, 7) is 0. The number of nitrogens with one attached hydrogen (secondary N) is 1. The number of hydrogen-bond donors (Lipinski definition) is 2. The summed E-state index contributed by atoms with van der Waals surface area (Å²) in [6, 6.07) is 2.16. The first-order chi connectivity index (χ1) is 7.71. The molecule has 0 saturated carbocycles. The highest BCUT2D eigenvalue weighted by atomic mass is 35.5. The van der Waals surface area contributed by atoms with Crippen molar-refractivity contribution in [3.8, 4) is 0 Å². The normalized spacial score (nSPS) is 11.1. The van der Waals surface area contributed by atoms with Gasteiger partial charge in [-0.25, -0.2) is 4.79 Å². The average molecular weight is 268 g/mol. The molecule has 1 aromatic rings. The molecule has 1 rings (SSSR count). The minimum Gasteiger partial charge on any atom is -0.474 e. The topological polar surface area (TPSA) is 66.4 Å². The van der Waals surface area contributed by atoms with Gasteiger partial charge in [0.1, 0.15) is 0 Å². The van der Waals surface area contributed by atoms with Gasteiger partial charge in [0.05, 0.1) is 16.3 Å². The second-order valence-corrected chi connectivity index (χ2v) is 3.36. The molecule has 0 unspecified atom stereocenters. The van der Waals surface area contributed by atoms with E-state index in [0.29, 0.717) is 12.1 Å². The Kier molecular flexibility index (Phi) is 3.62. The van der Waals surface area contributed by atoms with E-state index in [0.717, 1.165) is 6.07 Å². The van der Waals surface area contributed by atoms with Gasteiger partial charge in [-0.2, -0.15) is 13.2 Å². The molecule has 0 fully saturated rings. The molecule has 4 nitrogen and oxygen atoms in total. The number of carbonyl (C=O) groups is 2. The van der Waals surface area contributed by atoms with Crippen LogP contribution in [0.4, 0.5) is 18.9 Å². The largest absolute Gasteiger partial charge is 0.474 e. The van der Waals surface area contributed by atoms with Crippen molar-refractivity contribution in [2.45, 2.75) is 6.18 Å². The number of amides is 1. The van der Waals surface area contributed by atoms with E-state index >= 15 is 0 Å². The van der Waals surface area contributed by atoms with Gasteiger partial charge in [0.2, 0.25) is 0 Å². The van der Waals surface area contributed by atoms with Gasteiger partial charge in [-0.3, -0.25) is 4.79 Å². The van der Waals surface area contributed by atoms with Gasteiger partial charge in [0, 0.05) is 0 Å². The van der Waals surface area contributed by atoms with Crippen molar-refractivity contribution in [1.82, 2.24) is 0 Å². The third kappa shape index (κ3) is 3.35. The van der Waals surface area contributed by atoms with Crippen molar-refractivity contribution in [3.63, 3.8) is 0 Å². The fraction of sp³-hybridized carbons (Fsp3) is 0.111. The van der Waals surface area contributed by atoms with E-state index in [1.54, 1.807) is 0 Å². The molecule has 0 aromatic heterocycles. The zero-order valence-electron chi connectivity index (χ0n) is 8.01. The van der Waals surface area contributed by atoms with Gasteiger partial charge in [-0.05, 0) is 18.2 Å². The maximum Gasteiger partial charge on any atom is 0.416 e. The van der Waals surface area contributed by atoms with Crippen molar-refractivity contribution in [1.29, 1.82) is 0 Å². The number of halogens is 4. The second-order valence-electron chi connectivity index (χ2n) is 2.95. The molecule has 0 aliphatic carbocycles. The number of carboxylic acids is 1. The summed E-state index contributed by atoms with van der Waals surface area (Å²) >= 11 is 5.48.